The molecule has 0 saturated heterocycles. The summed E-state index contributed by atoms with van der Waals surface area (Å²) in [7, 11) is -3.85. The number of hydrogen-bond donors (Lipinski definition) is 2. The van der Waals surface area contributed by atoms with E-state index in [1.165, 1.54) is 13.8 Å². The normalized spacial score (nSPS) is 13.7. The standard InChI is InChI=1S/C10H13ClFNO3S/c1-6-3-10(8(11)4-9(6)12)17(15,16)13-7(2)5-14/h3-4,7,13-14H,5H2,1-2H3/t7-/m1/s1. The highest BCUT2D eigenvalue weighted by atomic mass is 35.5. The highest BCUT2D eigenvalue weighted by Crippen LogP contribution is 2.24. The first kappa shape index (κ1) is 14.4. The molecule has 1 aromatic rings. The molecule has 17 heavy (non-hydrogen) atoms. The molecule has 0 aliphatic heterocycles. The monoisotopic (exact) mass is 281 g/mol. The summed E-state index contributed by atoms with van der Waals surface area (Å²) < 4.78 is 39.1. The van der Waals surface area contributed by atoms with E-state index in [9.17, 15) is 12.8 Å². The van der Waals surface area contributed by atoms with Gasteiger partial charge in [-0.2, -0.15) is 0 Å². The zero-order valence-electron chi connectivity index (χ0n) is 9.37. The van der Waals surface area contributed by atoms with Crippen molar-refractivity contribution in [3.63, 3.8) is 0 Å². The van der Waals surface area contributed by atoms with Crippen molar-refractivity contribution in [3.05, 3.63) is 28.5 Å². The lowest BCUT2D eigenvalue weighted by Crippen LogP contribution is -2.35. The second-order valence-corrected chi connectivity index (χ2v) is 5.83. The number of rotatable bonds is 4. The van der Waals surface area contributed by atoms with Gasteiger partial charge in [-0.25, -0.2) is 17.5 Å². The molecule has 0 aromatic heterocycles. The molecule has 0 bridgehead atoms. The Morgan fingerprint density at radius 2 is 2.12 bits per heavy atom. The molecule has 7 heteroatoms. The molecular weight excluding hydrogens is 269 g/mol. The van der Waals surface area contributed by atoms with Crippen LogP contribution in [0.5, 0.6) is 0 Å². The van der Waals surface area contributed by atoms with E-state index < -0.39 is 21.9 Å². The summed E-state index contributed by atoms with van der Waals surface area (Å²) in [6.07, 6.45) is 0. The summed E-state index contributed by atoms with van der Waals surface area (Å²) in [5.74, 6) is -0.566. The van der Waals surface area contributed by atoms with Crippen LogP contribution in [-0.4, -0.2) is 26.2 Å². The van der Waals surface area contributed by atoms with Gasteiger partial charge in [0.2, 0.25) is 10.0 Å². The number of aliphatic hydroxyl groups excluding tert-OH is 1. The van der Waals surface area contributed by atoms with E-state index in [1.807, 2.05) is 0 Å². The quantitative estimate of drug-likeness (QED) is 0.878. The van der Waals surface area contributed by atoms with Crippen LogP contribution in [0.4, 0.5) is 4.39 Å². The maximum Gasteiger partial charge on any atom is 0.242 e. The molecule has 2 N–H and O–H groups in total. The van der Waals surface area contributed by atoms with Crippen LogP contribution in [0.3, 0.4) is 0 Å². The summed E-state index contributed by atoms with van der Waals surface area (Å²) in [6, 6.07) is 1.47. The van der Waals surface area contributed by atoms with Crippen LogP contribution >= 0.6 is 11.6 Å². The van der Waals surface area contributed by atoms with Gasteiger partial charge in [-0.05, 0) is 31.5 Å². The zero-order chi connectivity index (χ0) is 13.2. The predicted octanol–water partition coefficient (Wildman–Crippen LogP) is 1.45. The van der Waals surface area contributed by atoms with Crippen molar-refractivity contribution < 1.29 is 17.9 Å². The Bertz CT molecular complexity index is 519. The Hall–Kier alpha value is -0.690. The van der Waals surface area contributed by atoms with Gasteiger partial charge in [0.1, 0.15) is 10.7 Å². The van der Waals surface area contributed by atoms with Gasteiger partial charge in [0.25, 0.3) is 0 Å². The van der Waals surface area contributed by atoms with Crippen molar-refractivity contribution in [3.8, 4) is 0 Å². The molecule has 0 spiro atoms. The molecule has 1 atom stereocenters. The molecule has 1 aromatic carbocycles. The summed E-state index contributed by atoms with van der Waals surface area (Å²) in [5.41, 5.74) is 0.187. The van der Waals surface area contributed by atoms with E-state index in [-0.39, 0.29) is 22.1 Å². The fourth-order valence-corrected chi connectivity index (χ4v) is 3.04. The van der Waals surface area contributed by atoms with Crippen LogP contribution in [0, 0.1) is 12.7 Å². The smallest absolute Gasteiger partial charge is 0.242 e. The largest absolute Gasteiger partial charge is 0.395 e. The van der Waals surface area contributed by atoms with Crippen LogP contribution in [0.25, 0.3) is 0 Å². The van der Waals surface area contributed by atoms with Gasteiger partial charge < -0.3 is 5.11 Å². The minimum atomic E-state index is -3.85. The molecule has 0 fully saturated rings. The number of sulfonamides is 1. The van der Waals surface area contributed by atoms with Crippen LogP contribution in [0.2, 0.25) is 5.02 Å². The molecule has 96 valence electrons. The predicted molar refractivity (Wildman–Crippen MR) is 63.0 cm³/mol. The van der Waals surface area contributed by atoms with E-state index >= 15 is 0 Å². The summed E-state index contributed by atoms with van der Waals surface area (Å²) in [4.78, 5) is -0.196. The van der Waals surface area contributed by atoms with Crippen molar-refractivity contribution in [2.45, 2.75) is 24.8 Å². The van der Waals surface area contributed by atoms with Crippen molar-refractivity contribution in [1.82, 2.24) is 4.72 Å². The molecular formula is C10H13ClFNO3S. The van der Waals surface area contributed by atoms with Crippen LogP contribution in [-0.2, 0) is 10.0 Å². The Morgan fingerprint density at radius 1 is 1.53 bits per heavy atom. The first-order chi connectivity index (χ1) is 7.77. The topological polar surface area (TPSA) is 66.4 Å². The van der Waals surface area contributed by atoms with Gasteiger partial charge in [-0.1, -0.05) is 11.6 Å². The van der Waals surface area contributed by atoms with E-state index in [0.717, 1.165) is 12.1 Å². The van der Waals surface area contributed by atoms with Crippen LogP contribution in [0.15, 0.2) is 17.0 Å². The number of aryl methyl sites for hydroxylation is 1. The molecule has 0 radical (unpaired) electrons. The number of hydrogen-bond acceptors (Lipinski definition) is 3. The van der Waals surface area contributed by atoms with E-state index in [2.05, 4.69) is 4.72 Å². The molecule has 0 amide bonds. The Labute approximate surface area is 104 Å². The number of aliphatic hydroxyl groups is 1. The van der Waals surface area contributed by atoms with Crippen molar-refractivity contribution >= 4 is 21.6 Å². The second kappa shape index (κ2) is 5.30. The number of halogens is 2. The van der Waals surface area contributed by atoms with E-state index in [1.54, 1.807) is 0 Å². The van der Waals surface area contributed by atoms with Crippen LogP contribution in [0.1, 0.15) is 12.5 Å². The highest BCUT2D eigenvalue weighted by molar-refractivity contribution is 7.89. The lowest BCUT2D eigenvalue weighted by Gasteiger charge is -2.13. The minimum Gasteiger partial charge on any atom is -0.395 e. The molecule has 4 nitrogen and oxygen atoms in total. The van der Waals surface area contributed by atoms with E-state index in [4.69, 9.17) is 16.7 Å². The highest BCUT2D eigenvalue weighted by Gasteiger charge is 2.21. The SMILES string of the molecule is Cc1cc(S(=O)(=O)N[C@H](C)CO)c(Cl)cc1F. The second-order valence-electron chi connectivity index (χ2n) is 3.74. The Kier molecular flexibility index (Phi) is 4.48. The zero-order valence-corrected chi connectivity index (χ0v) is 10.9. The summed E-state index contributed by atoms with van der Waals surface area (Å²) >= 11 is 5.69. The van der Waals surface area contributed by atoms with Crippen molar-refractivity contribution in [2.75, 3.05) is 6.61 Å². The molecule has 0 aliphatic carbocycles. The van der Waals surface area contributed by atoms with Gasteiger partial charge in [0, 0.05) is 6.04 Å². The minimum absolute atomic E-state index is 0.187. The van der Waals surface area contributed by atoms with Crippen LogP contribution < -0.4 is 4.72 Å². The first-order valence-corrected chi connectivity index (χ1v) is 6.73. The van der Waals surface area contributed by atoms with Gasteiger partial charge >= 0.3 is 0 Å². The molecule has 0 aliphatic rings. The average Bonchev–Trinajstić information content (AvgIpc) is 2.22. The maximum atomic E-state index is 13.1. The summed E-state index contributed by atoms with van der Waals surface area (Å²) in [5, 5.41) is 8.60. The van der Waals surface area contributed by atoms with Gasteiger partial charge in [0.05, 0.1) is 11.6 Å². The lowest BCUT2D eigenvalue weighted by atomic mass is 10.2. The Balaban J connectivity index is 3.20. The fraction of sp³-hybridized carbons (Fsp3) is 0.400. The third-order valence-corrected chi connectivity index (χ3v) is 4.19. The van der Waals surface area contributed by atoms with Crippen molar-refractivity contribution in [2.24, 2.45) is 0 Å². The molecule has 1 rings (SSSR count). The maximum absolute atomic E-state index is 13.1. The summed E-state index contributed by atoms with van der Waals surface area (Å²) in [6.45, 7) is 2.61. The average molecular weight is 282 g/mol. The third kappa shape index (κ3) is 3.38. The van der Waals surface area contributed by atoms with Gasteiger partial charge in [0.15, 0.2) is 0 Å². The Morgan fingerprint density at radius 3 is 2.65 bits per heavy atom. The first-order valence-electron chi connectivity index (χ1n) is 4.86. The molecule has 0 saturated carbocycles. The number of benzene rings is 1. The van der Waals surface area contributed by atoms with Gasteiger partial charge in [-0.3, -0.25) is 0 Å². The molecule has 0 unspecified atom stereocenters. The fourth-order valence-electron chi connectivity index (χ4n) is 1.20. The van der Waals surface area contributed by atoms with E-state index in [0.29, 0.717) is 0 Å². The lowest BCUT2D eigenvalue weighted by molar-refractivity contribution is 0.265. The molecule has 0 heterocycles. The van der Waals surface area contributed by atoms with Gasteiger partial charge in [-0.15, -0.1) is 0 Å². The van der Waals surface area contributed by atoms with Crippen molar-refractivity contribution in [1.29, 1.82) is 0 Å². The third-order valence-electron chi connectivity index (χ3n) is 2.13. The number of nitrogens with one attached hydrogen (secondary N) is 1.